The predicted molar refractivity (Wildman–Crippen MR) is 82.0 cm³/mol. The largest absolute Gasteiger partial charge is 0.356 e. The molecule has 0 saturated heterocycles. The van der Waals surface area contributed by atoms with Crippen LogP contribution in [0.4, 0.5) is 0 Å². The van der Waals surface area contributed by atoms with Crippen LogP contribution in [0.3, 0.4) is 0 Å². The fraction of sp³-hybridized carbons (Fsp3) is 0.933. The van der Waals surface area contributed by atoms with Crippen molar-refractivity contribution in [1.29, 1.82) is 0 Å². The van der Waals surface area contributed by atoms with Crippen molar-refractivity contribution in [3.8, 4) is 0 Å². The minimum absolute atomic E-state index is 0.188. The van der Waals surface area contributed by atoms with Crippen LogP contribution in [0.15, 0.2) is 0 Å². The number of amides is 1. The second kappa shape index (κ2) is 11.2. The molecule has 3 N–H and O–H groups in total. The zero-order chi connectivity index (χ0) is 14.7. The maximum atomic E-state index is 11.7. The van der Waals surface area contributed by atoms with Crippen LogP contribution in [0.1, 0.15) is 46.0 Å². The zero-order valence-electron chi connectivity index (χ0n) is 13.2. The monoisotopic (exact) mass is 271 g/mol. The van der Waals surface area contributed by atoms with Gasteiger partial charge in [0.15, 0.2) is 0 Å². The topological polar surface area (TPSA) is 58.4 Å². The van der Waals surface area contributed by atoms with E-state index in [1.807, 2.05) is 0 Å². The van der Waals surface area contributed by atoms with Crippen LogP contribution < -0.4 is 11.1 Å². The highest BCUT2D eigenvalue weighted by Crippen LogP contribution is 2.20. The molecule has 0 saturated carbocycles. The summed E-state index contributed by atoms with van der Waals surface area (Å²) < 4.78 is 0. The van der Waals surface area contributed by atoms with E-state index in [2.05, 4.69) is 38.2 Å². The predicted octanol–water partition coefficient (Wildman–Crippen LogP) is 1.85. The highest BCUT2D eigenvalue weighted by atomic mass is 16.1. The molecule has 0 aromatic heterocycles. The van der Waals surface area contributed by atoms with E-state index in [1.54, 1.807) is 0 Å². The summed E-state index contributed by atoms with van der Waals surface area (Å²) in [7, 11) is 4.14. The van der Waals surface area contributed by atoms with Gasteiger partial charge in [-0.15, -0.1) is 0 Å². The van der Waals surface area contributed by atoms with Crippen molar-refractivity contribution in [3.05, 3.63) is 0 Å². The molecule has 0 rings (SSSR count). The van der Waals surface area contributed by atoms with E-state index < -0.39 is 0 Å². The van der Waals surface area contributed by atoms with E-state index in [0.717, 1.165) is 45.3 Å². The van der Waals surface area contributed by atoms with Gasteiger partial charge in [0.2, 0.25) is 5.91 Å². The first-order valence-electron chi connectivity index (χ1n) is 7.58. The summed E-state index contributed by atoms with van der Waals surface area (Å²) in [6.07, 6.45) is 4.80. The molecule has 1 unspecified atom stereocenters. The SMILES string of the molecule is CC(C)C(CCN)CCC(=O)NCCCCN(C)C. The van der Waals surface area contributed by atoms with Crippen molar-refractivity contribution in [2.75, 3.05) is 33.7 Å². The van der Waals surface area contributed by atoms with Crippen LogP contribution in [0.2, 0.25) is 0 Å². The summed E-state index contributed by atoms with van der Waals surface area (Å²) in [4.78, 5) is 13.9. The van der Waals surface area contributed by atoms with Crippen LogP contribution in [0, 0.1) is 11.8 Å². The van der Waals surface area contributed by atoms with Crippen LogP contribution in [0.5, 0.6) is 0 Å². The standard InChI is InChI=1S/C15H33N3O/c1-13(2)14(9-10-16)7-8-15(19)17-11-5-6-12-18(3)4/h13-14H,5-12,16H2,1-4H3,(H,17,19). The number of nitrogens with zero attached hydrogens (tertiary/aromatic N) is 1. The Hall–Kier alpha value is -0.610. The number of unbranched alkanes of at least 4 members (excludes halogenated alkanes) is 1. The Morgan fingerprint density at radius 1 is 1.21 bits per heavy atom. The molecule has 19 heavy (non-hydrogen) atoms. The Morgan fingerprint density at radius 2 is 1.89 bits per heavy atom. The van der Waals surface area contributed by atoms with E-state index in [9.17, 15) is 4.79 Å². The maximum Gasteiger partial charge on any atom is 0.220 e. The molecule has 0 bridgehead atoms. The molecular formula is C15H33N3O. The Balaban J connectivity index is 3.62. The average Bonchev–Trinajstić information content (AvgIpc) is 2.33. The number of rotatable bonds is 11. The van der Waals surface area contributed by atoms with Crippen LogP contribution >= 0.6 is 0 Å². The summed E-state index contributed by atoms with van der Waals surface area (Å²) in [5, 5.41) is 3.00. The lowest BCUT2D eigenvalue weighted by Gasteiger charge is -2.19. The van der Waals surface area contributed by atoms with Crippen molar-refractivity contribution >= 4 is 5.91 Å². The van der Waals surface area contributed by atoms with Gasteiger partial charge < -0.3 is 16.0 Å². The van der Waals surface area contributed by atoms with Crippen LogP contribution in [-0.4, -0.2) is 44.5 Å². The second-order valence-corrected chi connectivity index (χ2v) is 5.98. The summed E-state index contributed by atoms with van der Waals surface area (Å²) in [6.45, 7) is 7.02. The first-order chi connectivity index (χ1) is 8.97. The fourth-order valence-electron chi connectivity index (χ4n) is 2.21. The summed E-state index contributed by atoms with van der Waals surface area (Å²) in [5.74, 6) is 1.37. The maximum absolute atomic E-state index is 11.7. The van der Waals surface area contributed by atoms with Gasteiger partial charge >= 0.3 is 0 Å². The van der Waals surface area contributed by atoms with Gasteiger partial charge in [-0.25, -0.2) is 0 Å². The molecule has 1 amide bonds. The molecule has 1 atom stereocenters. The van der Waals surface area contributed by atoms with E-state index in [-0.39, 0.29) is 5.91 Å². The molecule has 4 nitrogen and oxygen atoms in total. The minimum Gasteiger partial charge on any atom is -0.356 e. The van der Waals surface area contributed by atoms with Crippen molar-refractivity contribution in [3.63, 3.8) is 0 Å². The number of carbonyl (C=O) groups is 1. The number of hydrogen-bond acceptors (Lipinski definition) is 3. The Bertz CT molecular complexity index is 229. The van der Waals surface area contributed by atoms with E-state index >= 15 is 0 Å². The quantitative estimate of drug-likeness (QED) is 0.564. The summed E-state index contributed by atoms with van der Waals surface area (Å²) in [5.41, 5.74) is 5.61. The molecule has 0 spiro atoms. The molecule has 0 heterocycles. The van der Waals surface area contributed by atoms with E-state index in [0.29, 0.717) is 18.3 Å². The van der Waals surface area contributed by atoms with Crippen LogP contribution in [-0.2, 0) is 4.79 Å². The third-order valence-electron chi connectivity index (χ3n) is 3.58. The lowest BCUT2D eigenvalue weighted by molar-refractivity contribution is -0.121. The Morgan fingerprint density at radius 3 is 2.42 bits per heavy atom. The highest BCUT2D eigenvalue weighted by Gasteiger charge is 2.14. The lowest BCUT2D eigenvalue weighted by atomic mass is 9.88. The van der Waals surface area contributed by atoms with Gasteiger partial charge in [0, 0.05) is 13.0 Å². The molecule has 0 aliphatic rings. The van der Waals surface area contributed by atoms with Gasteiger partial charge in [-0.05, 0) is 64.7 Å². The number of hydrogen-bond donors (Lipinski definition) is 2. The van der Waals surface area contributed by atoms with Crippen molar-refractivity contribution in [2.24, 2.45) is 17.6 Å². The second-order valence-electron chi connectivity index (χ2n) is 5.98. The summed E-state index contributed by atoms with van der Waals surface area (Å²) in [6, 6.07) is 0. The lowest BCUT2D eigenvalue weighted by Crippen LogP contribution is -2.26. The minimum atomic E-state index is 0.188. The normalized spacial score (nSPS) is 13.0. The van der Waals surface area contributed by atoms with Gasteiger partial charge in [0.1, 0.15) is 0 Å². The third-order valence-corrected chi connectivity index (χ3v) is 3.58. The molecule has 0 aromatic carbocycles. The van der Waals surface area contributed by atoms with Crippen molar-refractivity contribution < 1.29 is 4.79 Å². The fourth-order valence-corrected chi connectivity index (χ4v) is 2.21. The number of carbonyl (C=O) groups excluding carboxylic acids is 1. The highest BCUT2D eigenvalue weighted by molar-refractivity contribution is 5.75. The van der Waals surface area contributed by atoms with E-state index in [4.69, 9.17) is 5.73 Å². The van der Waals surface area contributed by atoms with Gasteiger partial charge in [-0.2, -0.15) is 0 Å². The molecule has 4 heteroatoms. The molecule has 0 radical (unpaired) electrons. The third kappa shape index (κ3) is 11.0. The molecule has 0 aliphatic heterocycles. The van der Waals surface area contributed by atoms with Gasteiger partial charge in [-0.3, -0.25) is 4.79 Å². The molecular weight excluding hydrogens is 238 g/mol. The molecule has 114 valence electrons. The smallest absolute Gasteiger partial charge is 0.220 e. The molecule has 0 fully saturated rings. The van der Waals surface area contributed by atoms with Gasteiger partial charge in [0.25, 0.3) is 0 Å². The summed E-state index contributed by atoms with van der Waals surface area (Å²) >= 11 is 0. The zero-order valence-corrected chi connectivity index (χ0v) is 13.2. The first kappa shape index (κ1) is 18.4. The van der Waals surface area contributed by atoms with Gasteiger partial charge in [0.05, 0.1) is 0 Å². The Labute approximate surface area is 119 Å². The molecule has 0 aliphatic carbocycles. The average molecular weight is 271 g/mol. The molecule has 0 aromatic rings. The van der Waals surface area contributed by atoms with Gasteiger partial charge in [-0.1, -0.05) is 13.8 Å². The Kier molecular flexibility index (Phi) is 10.9. The van der Waals surface area contributed by atoms with Crippen LogP contribution in [0.25, 0.3) is 0 Å². The number of nitrogens with one attached hydrogen (secondary N) is 1. The first-order valence-corrected chi connectivity index (χ1v) is 7.58. The van der Waals surface area contributed by atoms with E-state index in [1.165, 1.54) is 0 Å². The number of nitrogens with two attached hydrogens (primary N) is 1. The van der Waals surface area contributed by atoms with Crippen molar-refractivity contribution in [2.45, 2.75) is 46.0 Å². The van der Waals surface area contributed by atoms with Crippen molar-refractivity contribution in [1.82, 2.24) is 10.2 Å².